The fraction of sp³-hybridized carbons (Fsp3) is 0.278. The molecule has 0 spiro atoms. The van der Waals surface area contributed by atoms with Crippen LogP contribution in [0, 0.1) is 0 Å². The van der Waals surface area contributed by atoms with E-state index in [1.807, 2.05) is 42.5 Å². The Labute approximate surface area is 139 Å². The monoisotopic (exact) mass is 329 g/mol. The molecule has 1 saturated carbocycles. The lowest BCUT2D eigenvalue weighted by atomic mass is 9.95. The van der Waals surface area contributed by atoms with Crippen molar-refractivity contribution < 1.29 is 14.3 Å². The van der Waals surface area contributed by atoms with Crippen LogP contribution in [0.5, 0.6) is 11.5 Å². The lowest BCUT2D eigenvalue weighted by Gasteiger charge is -2.22. The Hall–Kier alpha value is -2.20. The van der Waals surface area contributed by atoms with Gasteiger partial charge in [-0.25, -0.2) is 0 Å². The number of ether oxygens (including phenoxy) is 2. The molecular weight excluding hydrogens is 314 g/mol. The highest BCUT2D eigenvalue weighted by Gasteiger charge is 2.51. The van der Waals surface area contributed by atoms with E-state index in [1.54, 1.807) is 0 Å². The minimum atomic E-state index is -0.456. The summed E-state index contributed by atoms with van der Waals surface area (Å²) >= 11 is 5.94. The van der Waals surface area contributed by atoms with Crippen LogP contribution in [0.15, 0.2) is 42.5 Å². The van der Waals surface area contributed by atoms with Gasteiger partial charge in [-0.15, -0.1) is 0 Å². The van der Waals surface area contributed by atoms with Gasteiger partial charge in [0, 0.05) is 5.02 Å². The molecule has 1 N–H and O–H groups in total. The molecule has 118 valence electrons. The zero-order chi connectivity index (χ0) is 15.9. The maximum absolute atomic E-state index is 12.8. The third-order valence-corrected chi connectivity index (χ3v) is 4.65. The molecule has 1 amide bonds. The number of fused-ring (bicyclic) bond motifs is 1. The van der Waals surface area contributed by atoms with Crippen molar-refractivity contribution >= 4 is 23.2 Å². The highest BCUT2D eigenvalue weighted by molar-refractivity contribution is 6.30. The molecule has 0 radical (unpaired) electrons. The zero-order valence-electron chi connectivity index (χ0n) is 12.5. The first-order valence-corrected chi connectivity index (χ1v) is 8.03. The van der Waals surface area contributed by atoms with Crippen molar-refractivity contribution in [3.8, 4) is 11.5 Å². The second kappa shape index (κ2) is 5.46. The van der Waals surface area contributed by atoms with E-state index in [4.69, 9.17) is 21.1 Å². The lowest BCUT2D eigenvalue weighted by molar-refractivity contribution is -0.118. The van der Waals surface area contributed by atoms with Gasteiger partial charge < -0.3 is 14.8 Å². The molecule has 1 heterocycles. The minimum Gasteiger partial charge on any atom is -0.486 e. The van der Waals surface area contributed by atoms with Gasteiger partial charge in [-0.05, 0) is 42.7 Å². The minimum absolute atomic E-state index is 0.0117. The van der Waals surface area contributed by atoms with Crippen LogP contribution in [0.2, 0.25) is 5.02 Å². The Balaban J connectivity index is 1.60. The fourth-order valence-electron chi connectivity index (χ4n) is 2.95. The van der Waals surface area contributed by atoms with Gasteiger partial charge in [0.2, 0.25) is 5.91 Å². The van der Waals surface area contributed by atoms with Gasteiger partial charge in [0.15, 0.2) is 11.5 Å². The van der Waals surface area contributed by atoms with Crippen molar-refractivity contribution in [2.75, 3.05) is 18.5 Å². The Morgan fingerprint density at radius 2 is 1.78 bits per heavy atom. The van der Waals surface area contributed by atoms with E-state index in [0.717, 1.165) is 18.4 Å². The second-order valence-corrected chi connectivity index (χ2v) is 6.31. The van der Waals surface area contributed by atoms with E-state index in [2.05, 4.69) is 5.32 Å². The van der Waals surface area contributed by atoms with E-state index >= 15 is 0 Å². The molecule has 2 aromatic rings. The molecule has 0 aromatic heterocycles. The van der Waals surface area contributed by atoms with Crippen LogP contribution in [0.1, 0.15) is 18.4 Å². The number of carbonyl (C=O) groups is 1. The summed E-state index contributed by atoms with van der Waals surface area (Å²) in [5.74, 6) is 1.27. The summed E-state index contributed by atoms with van der Waals surface area (Å²) in [6, 6.07) is 13.0. The van der Waals surface area contributed by atoms with Crippen molar-refractivity contribution in [2.24, 2.45) is 0 Å². The molecule has 2 aliphatic rings. The summed E-state index contributed by atoms with van der Waals surface area (Å²) in [4.78, 5) is 12.8. The molecule has 23 heavy (non-hydrogen) atoms. The summed E-state index contributed by atoms with van der Waals surface area (Å²) in [5.41, 5.74) is 1.21. The van der Waals surface area contributed by atoms with Crippen LogP contribution in [0.4, 0.5) is 5.69 Å². The van der Waals surface area contributed by atoms with E-state index in [1.165, 1.54) is 0 Å². The maximum Gasteiger partial charge on any atom is 0.235 e. The van der Waals surface area contributed by atoms with E-state index in [9.17, 15) is 4.79 Å². The normalized spacial score (nSPS) is 17.4. The Morgan fingerprint density at radius 3 is 2.52 bits per heavy atom. The predicted octanol–water partition coefficient (Wildman–Crippen LogP) is 3.78. The fourth-order valence-corrected chi connectivity index (χ4v) is 3.08. The first-order chi connectivity index (χ1) is 11.2. The number of anilines is 1. The molecule has 2 aromatic carbocycles. The number of benzene rings is 2. The molecular formula is C18H16ClNO3. The molecule has 4 nitrogen and oxygen atoms in total. The van der Waals surface area contributed by atoms with Gasteiger partial charge in [-0.1, -0.05) is 29.8 Å². The standard InChI is InChI=1S/C18H16ClNO3/c19-13-6-4-12(5-7-13)18(8-9-18)17(21)20-14-2-1-3-15-16(14)23-11-10-22-15/h1-7H,8-11H2,(H,20,21). The number of para-hydroxylation sites is 1. The number of amides is 1. The summed E-state index contributed by atoms with van der Waals surface area (Å²) < 4.78 is 11.2. The zero-order valence-corrected chi connectivity index (χ0v) is 13.2. The van der Waals surface area contributed by atoms with E-state index < -0.39 is 5.41 Å². The number of hydrogen-bond donors (Lipinski definition) is 1. The largest absolute Gasteiger partial charge is 0.486 e. The summed E-state index contributed by atoms with van der Waals surface area (Å²) in [6.07, 6.45) is 1.68. The molecule has 1 fully saturated rings. The quantitative estimate of drug-likeness (QED) is 0.932. The van der Waals surface area contributed by atoms with Crippen molar-refractivity contribution in [1.82, 2.24) is 0 Å². The van der Waals surface area contributed by atoms with Crippen LogP contribution in [0.3, 0.4) is 0 Å². The molecule has 5 heteroatoms. The second-order valence-electron chi connectivity index (χ2n) is 5.87. The van der Waals surface area contributed by atoms with Crippen LogP contribution in [0.25, 0.3) is 0 Å². The van der Waals surface area contributed by atoms with Crippen LogP contribution in [-0.2, 0) is 10.2 Å². The Kier molecular flexibility index (Phi) is 3.42. The SMILES string of the molecule is O=C(Nc1cccc2c1OCCO2)C1(c2ccc(Cl)cc2)CC1. The van der Waals surface area contributed by atoms with Gasteiger partial charge in [0.1, 0.15) is 13.2 Å². The van der Waals surface area contributed by atoms with Crippen molar-refractivity contribution in [3.63, 3.8) is 0 Å². The Morgan fingerprint density at radius 1 is 1.04 bits per heavy atom. The third-order valence-electron chi connectivity index (χ3n) is 4.40. The van der Waals surface area contributed by atoms with Crippen molar-refractivity contribution in [1.29, 1.82) is 0 Å². The van der Waals surface area contributed by atoms with Crippen LogP contribution >= 0.6 is 11.6 Å². The molecule has 0 saturated heterocycles. The molecule has 4 rings (SSSR count). The molecule has 0 atom stereocenters. The summed E-state index contributed by atoms with van der Waals surface area (Å²) in [6.45, 7) is 1.02. The number of carbonyl (C=O) groups excluding carboxylic acids is 1. The molecule has 0 unspecified atom stereocenters. The summed E-state index contributed by atoms with van der Waals surface area (Å²) in [5, 5.41) is 3.68. The third kappa shape index (κ3) is 2.53. The van der Waals surface area contributed by atoms with Gasteiger partial charge >= 0.3 is 0 Å². The number of nitrogens with one attached hydrogen (secondary N) is 1. The van der Waals surface area contributed by atoms with Gasteiger partial charge in [0.25, 0.3) is 0 Å². The smallest absolute Gasteiger partial charge is 0.235 e. The van der Waals surface area contributed by atoms with E-state index in [0.29, 0.717) is 35.4 Å². The topological polar surface area (TPSA) is 47.6 Å². The highest BCUT2D eigenvalue weighted by Crippen LogP contribution is 2.50. The predicted molar refractivity (Wildman–Crippen MR) is 88.4 cm³/mol. The lowest BCUT2D eigenvalue weighted by Crippen LogP contribution is -2.28. The van der Waals surface area contributed by atoms with Crippen molar-refractivity contribution in [3.05, 3.63) is 53.1 Å². The van der Waals surface area contributed by atoms with Crippen LogP contribution < -0.4 is 14.8 Å². The highest BCUT2D eigenvalue weighted by atomic mass is 35.5. The Bertz CT molecular complexity index is 753. The first kappa shape index (κ1) is 14.4. The molecule has 1 aliphatic carbocycles. The van der Waals surface area contributed by atoms with Gasteiger partial charge in [-0.3, -0.25) is 4.79 Å². The number of hydrogen-bond acceptors (Lipinski definition) is 3. The van der Waals surface area contributed by atoms with E-state index in [-0.39, 0.29) is 5.91 Å². The summed E-state index contributed by atoms with van der Waals surface area (Å²) in [7, 11) is 0. The number of halogens is 1. The van der Waals surface area contributed by atoms with Gasteiger partial charge in [-0.2, -0.15) is 0 Å². The molecule has 0 bridgehead atoms. The average molecular weight is 330 g/mol. The first-order valence-electron chi connectivity index (χ1n) is 7.65. The maximum atomic E-state index is 12.8. The van der Waals surface area contributed by atoms with Gasteiger partial charge in [0.05, 0.1) is 11.1 Å². The molecule has 1 aliphatic heterocycles. The average Bonchev–Trinajstić information content (AvgIpc) is 3.38. The number of rotatable bonds is 3. The van der Waals surface area contributed by atoms with Crippen LogP contribution in [-0.4, -0.2) is 19.1 Å². The van der Waals surface area contributed by atoms with Crippen molar-refractivity contribution in [2.45, 2.75) is 18.3 Å².